The van der Waals surface area contributed by atoms with Gasteiger partial charge in [0, 0.05) is 49.6 Å². The van der Waals surface area contributed by atoms with E-state index in [1.807, 2.05) is 4.90 Å². The molecule has 4 aromatic rings. The molecule has 1 aliphatic heterocycles. The number of rotatable bonds is 3. The summed E-state index contributed by atoms with van der Waals surface area (Å²) in [5, 5.41) is 0.214. The Hall–Kier alpha value is -3.65. The van der Waals surface area contributed by atoms with Gasteiger partial charge in [0.05, 0.1) is 22.9 Å². The molecule has 150 valence electrons. The maximum atomic E-state index is 13.5. The van der Waals surface area contributed by atoms with E-state index < -0.39 is 5.82 Å². The second-order valence-electron chi connectivity index (χ2n) is 7.27. The molecule has 0 fully saturated rings. The number of benzene rings is 1. The van der Waals surface area contributed by atoms with Crippen molar-refractivity contribution in [2.75, 3.05) is 6.54 Å². The summed E-state index contributed by atoms with van der Waals surface area (Å²) in [5.41, 5.74) is 2.47. The van der Waals surface area contributed by atoms with Crippen LogP contribution in [0.15, 0.2) is 63.0 Å². The molecule has 0 unspecified atom stereocenters. The number of fused-ring (bicyclic) bond motifs is 2. The first-order valence-electron chi connectivity index (χ1n) is 9.53. The van der Waals surface area contributed by atoms with Gasteiger partial charge in [0.15, 0.2) is 5.43 Å². The molecule has 0 spiro atoms. The van der Waals surface area contributed by atoms with Crippen molar-refractivity contribution in [3.8, 4) is 11.4 Å². The molecule has 0 radical (unpaired) electrons. The van der Waals surface area contributed by atoms with Gasteiger partial charge in [-0.15, -0.1) is 0 Å². The minimum atomic E-state index is -0.485. The van der Waals surface area contributed by atoms with E-state index in [0.29, 0.717) is 48.6 Å². The smallest absolute Gasteiger partial charge is 0.255 e. The number of halogens is 1. The number of aromatic nitrogens is 3. The lowest BCUT2D eigenvalue weighted by Crippen LogP contribution is -2.36. The average molecular weight is 404 g/mol. The Balaban J connectivity index is 1.43. The molecular formula is C22H17FN4O3. The molecular weight excluding hydrogens is 387 g/mol. The Labute approximate surface area is 169 Å². The van der Waals surface area contributed by atoms with E-state index in [4.69, 9.17) is 4.42 Å². The lowest BCUT2D eigenvalue weighted by molar-refractivity contribution is 0.239. The van der Waals surface area contributed by atoms with Gasteiger partial charge in [-0.2, -0.15) is 0 Å². The van der Waals surface area contributed by atoms with Gasteiger partial charge in [0.25, 0.3) is 5.56 Å². The second-order valence-corrected chi connectivity index (χ2v) is 7.27. The van der Waals surface area contributed by atoms with Crippen LogP contribution in [0, 0.1) is 5.82 Å². The lowest BCUT2D eigenvalue weighted by atomic mass is 10.1. The molecule has 5 rings (SSSR count). The Bertz CT molecular complexity index is 1360. The minimum Gasteiger partial charge on any atom is -0.464 e. The van der Waals surface area contributed by atoms with Crippen molar-refractivity contribution in [3.63, 3.8) is 0 Å². The van der Waals surface area contributed by atoms with Crippen molar-refractivity contribution in [1.29, 1.82) is 0 Å². The number of pyridine rings is 1. The fourth-order valence-corrected chi connectivity index (χ4v) is 3.76. The molecule has 0 amide bonds. The van der Waals surface area contributed by atoms with Crippen molar-refractivity contribution >= 4 is 11.0 Å². The van der Waals surface area contributed by atoms with Crippen molar-refractivity contribution in [1.82, 2.24) is 19.9 Å². The fraction of sp³-hybridized carbons (Fsp3) is 0.182. The van der Waals surface area contributed by atoms with Crippen molar-refractivity contribution < 1.29 is 8.81 Å². The highest BCUT2D eigenvalue weighted by Crippen LogP contribution is 2.20. The van der Waals surface area contributed by atoms with Gasteiger partial charge in [0.1, 0.15) is 17.2 Å². The van der Waals surface area contributed by atoms with Crippen LogP contribution < -0.4 is 11.0 Å². The number of aromatic amines is 1. The molecule has 0 saturated heterocycles. The zero-order valence-corrected chi connectivity index (χ0v) is 15.9. The van der Waals surface area contributed by atoms with Crippen molar-refractivity contribution in [2.45, 2.75) is 19.5 Å². The van der Waals surface area contributed by atoms with Crippen LogP contribution in [0.1, 0.15) is 16.8 Å². The maximum absolute atomic E-state index is 13.5. The fourth-order valence-electron chi connectivity index (χ4n) is 3.76. The molecule has 0 aliphatic carbocycles. The van der Waals surface area contributed by atoms with Crippen molar-refractivity contribution in [2.24, 2.45) is 0 Å². The van der Waals surface area contributed by atoms with Gasteiger partial charge in [0.2, 0.25) is 0 Å². The zero-order valence-electron chi connectivity index (χ0n) is 15.9. The lowest BCUT2D eigenvalue weighted by Gasteiger charge is -2.27. The molecule has 0 atom stereocenters. The van der Waals surface area contributed by atoms with Crippen molar-refractivity contribution in [3.05, 3.63) is 92.2 Å². The Morgan fingerprint density at radius 1 is 1.17 bits per heavy atom. The standard InChI is InChI=1S/C22H17FN4O3/c23-15-1-2-19-16(9-15)20(28)14(12-30-19)10-27-8-5-18-17(11-27)22(29)26-21(25-18)13-3-6-24-7-4-13/h1-4,6-7,9,12H,5,8,10-11H2,(H,25,26,29). The first-order chi connectivity index (χ1) is 14.6. The Kier molecular flexibility index (Phi) is 4.48. The molecule has 0 saturated carbocycles. The van der Waals surface area contributed by atoms with E-state index in [0.717, 1.165) is 11.3 Å². The SMILES string of the molecule is O=c1[nH]c(-c2ccncc2)nc2c1CN(Cc1coc3ccc(F)cc3c1=O)CC2. The van der Waals surface area contributed by atoms with Crippen LogP contribution in [0.2, 0.25) is 0 Å². The van der Waals surface area contributed by atoms with E-state index in [9.17, 15) is 14.0 Å². The second kappa shape index (κ2) is 7.31. The van der Waals surface area contributed by atoms with Crippen LogP contribution in [0.25, 0.3) is 22.4 Å². The van der Waals surface area contributed by atoms with E-state index in [1.54, 1.807) is 24.5 Å². The summed E-state index contributed by atoms with van der Waals surface area (Å²) in [5.74, 6) is 0.0354. The Morgan fingerprint density at radius 3 is 2.83 bits per heavy atom. The van der Waals surface area contributed by atoms with Gasteiger partial charge in [-0.25, -0.2) is 9.37 Å². The third-order valence-corrected chi connectivity index (χ3v) is 5.30. The molecule has 0 bridgehead atoms. The van der Waals surface area contributed by atoms with E-state index >= 15 is 0 Å². The summed E-state index contributed by atoms with van der Waals surface area (Å²) in [6.07, 6.45) is 5.30. The number of nitrogens with one attached hydrogen (secondary N) is 1. The summed E-state index contributed by atoms with van der Waals surface area (Å²) in [6, 6.07) is 7.47. The summed E-state index contributed by atoms with van der Waals surface area (Å²) < 4.78 is 19.0. The quantitative estimate of drug-likeness (QED) is 0.564. The Morgan fingerprint density at radius 2 is 2.00 bits per heavy atom. The third kappa shape index (κ3) is 3.31. The van der Waals surface area contributed by atoms with E-state index in [1.165, 1.54) is 24.5 Å². The average Bonchev–Trinajstić information content (AvgIpc) is 2.77. The number of hydrogen-bond acceptors (Lipinski definition) is 6. The molecule has 7 nitrogen and oxygen atoms in total. The minimum absolute atomic E-state index is 0.191. The molecule has 1 N–H and O–H groups in total. The molecule has 1 aliphatic rings. The molecule has 8 heteroatoms. The third-order valence-electron chi connectivity index (χ3n) is 5.30. The predicted molar refractivity (Wildman–Crippen MR) is 108 cm³/mol. The molecule has 4 heterocycles. The van der Waals surface area contributed by atoms with E-state index in [-0.39, 0.29) is 16.4 Å². The monoisotopic (exact) mass is 404 g/mol. The molecule has 1 aromatic carbocycles. The highest BCUT2D eigenvalue weighted by Gasteiger charge is 2.22. The summed E-state index contributed by atoms with van der Waals surface area (Å²) >= 11 is 0. The van der Waals surface area contributed by atoms with Gasteiger partial charge >= 0.3 is 0 Å². The van der Waals surface area contributed by atoms with Crippen LogP contribution in [-0.2, 0) is 19.5 Å². The summed E-state index contributed by atoms with van der Waals surface area (Å²) in [7, 11) is 0. The first-order valence-corrected chi connectivity index (χ1v) is 9.53. The van der Waals surface area contributed by atoms with Crippen LogP contribution in [0.4, 0.5) is 4.39 Å². The zero-order chi connectivity index (χ0) is 20.7. The first kappa shape index (κ1) is 18.4. The van der Waals surface area contributed by atoms with Gasteiger partial charge < -0.3 is 9.40 Å². The highest BCUT2D eigenvalue weighted by atomic mass is 19.1. The summed E-state index contributed by atoms with van der Waals surface area (Å²) in [4.78, 5) is 38.8. The van der Waals surface area contributed by atoms with Crippen LogP contribution in [-0.4, -0.2) is 26.4 Å². The molecule has 30 heavy (non-hydrogen) atoms. The number of hydrogen-bond donors (Lipinski definition) is 1. The van der Waals surface area contributed by atoms with Crippen LogP contribution in [0.5, 0.6) is 0 Å². The largest absolute Gasteiger partial charge is 0.464 e. The number of nitrogens with zero attached hydrogens (tertiary/aromatic N) is 3. The topological polar surface area (TPSA) is 92.1 Å². The maximum Gasteiger partial charge on any atom is 0.255 e. The van der Waals surface area contributed by atoms with E-state index in [2.05, 4.69) is 15.0 Å². The summed E-state index contributed by atoms with van der Waals surface area (Å²) in [6.45, 7) is 1.31. The van der Waals surface area contributed by atoms with Crippen LogP contribution >= 0.6 is 0 Å². The number of H-pyrrole nitrogens is 1. The molecule has 3 aromatic heterocycles. The van der Waals surface area contributed by atoms with Gasteiger partial charge in [-0.1, -0.05) is 0 Å². The normalized spacial score (nSPS) is 14.0. The van der Waals surface area contributed by atoms with Gasteiger partial charge in [-0.05, 0) is 30.3 Å². The predicted octanol–water partition coefficient (Wildman–Crippen LogP) is 2.64. The highest BCUT2D eigenvalue weighted by molar-refractivity contribution is 5.76. The van der Waals surface area contributed by atoms with Crippen LogP contribution in [0.3, 0.4) is 0 Å². The van der Waals surface area contributed by atoms with Gasteiger partial charge in [-0.3, -0.25) is 19.5 Å².